The van der Waals surface area contributed by atoms with Gasteiger partial charge in [0.1, 0.15) is 0 Å². The minimum atomic E-state index is 0.0855. The third-order valence-electron chi connectivity index (χ3n) is 4.38. The van der Waals surface area contributed by atoms with E-state index in [2.05, 4.69) is 36.3 Å². The van der Waals surface area contributed by atoms with Crippen LogP contribution in [0.4, 0.5) is 11.4 Å². The van der Waals surface area contributed by atoms with Crippen LogP contribution >= 0.6 is 0 Å². The number of carbonyl (C=O) groups is 1. The molecule has 3 rings (SSSR count). The Labute approximate surface area is 137 Å². The van der Waals surface area contributed by atoms with Crippen LogP contribution in [-0.2, 0) is 0 Å². The second-order valence-corrected chi connectivity index (χ2v) is 6.21. The topological polar surface area (TPSA) is 45.2 Å². The summed E-state index contributed by atoms with van der Waals surface area (Å²) in [7, 11) is 0. The number of aryl methyl sites for hydroxylation is 2. The highest BCUT2D eigenvalue weighted by molar-refractivity contribution is 5.95. The predicted molar refractivity (Wildman–Crippen MR) is 93.2 cm³/mol. The first-order chi connectivity index (χ1) is 11.1. The van der Waals surface area contributed by atoms with E-state index >= 15 is 0 Å². The van der Waals surface area contributed by atoms with E-state index < -0.39 is 0 Å². The summed E-state index contributed by atoms with van der Waals surface area (Å²) in [6, 6.07) is 8.09. The molecule has 1 amide bonds. The van der Waals surface area contributed by atoms with Gasteiger partial charge in [0.05, 0.1) is 17.4 Å². The van der Waals surface area contributed by atoms with Gasteiger partial charge in [-0.05, 0) is 50.3 Å². The molecule has 1 aliphatic rings. The summed E-state index contributed by atoms with van der Waals surface area (Å²) in [4.78, 5) is 18.8. The summed E-state index contributed by atoms with van der Waals surface area (Å²) < 4.78 is 0. The molecule has 0 atom stereocenters. The molecule has 1 aliphatic heterocycles. The van der Waals surface area contributed by atoms with Crippen molar-refractivity contribution in [2.75, 3.05) is 18.4 Å². The number of likely N-dealkylation sites (tertiary alicyclic amines) is 1. The Balaban J connectivity index is 1.81. The van der Waals surface area contributed by atoms with Crippen molar-refractivity contribution in [2.45, 2.75) is 33.1 Å². The van der Waals surface area contributed by atoms with Gasteiger partial charge in [-0.3, -0.25) is 9.78 Å². The number of amides is 1. The molecule has 1 fully saturated rings. The summed E-state index contributed by atoms with van der Waals surface area (Å²) in [6.45, 7) is 5.86. The fourth-order valence-corrected chi connectivity index (χ4v) is 3.06. The van der Waals surface area contributed by atoms with Gasteiger partial charge in [0.2, 0.25) is 0 Å². The van der Waals surface area contributed by atoms with E-state index in [1.165, 1.54) is 17.5 Å². The van der Waals surface area contributed by atoms with Gasteiger partial charge in [0.15, 0.2) is 0 Å². The maximum Gasteiger partial charge on any atom is 0.255 e. The molecule has 4 heteroatoms. The van der Waals surface area contributed by atoms with Crippen LogP contribution in [0.3, 0.4) is 0 Å². The molecule has 1 saturated heterocycles. The average molecular weight is 309 g/mol. The molecule has 1 N–H and O–H groups in total. The van der Waals surface area contributed by atoms with Crippen LogP contribution < -0.4 is 5.32 Å². The standard InChI is InChI=1S/C19H23N3O/c1-14-7-6-8-15(2)18(14)21-17-11-16(12-20-13-17)19(23)22-9-4-3-5-10-22/h6-8,11-13,21H,3-5,9-10H2,1-2H3. The molecule has 1 aromatic heterocycles. The van der Waals surface area contributed by atoms with Gasteiger partial charge in [-0.15, -0.1) is 0 Å². The molecule has 1 aromatic carbocycles. The third kappa shape index (κ3) is 3.52. The van der Waals surface area contributed by atoms with E-state index in [4.69, 9.17) is 0 Å². The van der Waals surface area contributed by atoms with E-state index in [0.29, 0.717) is 5.56 Å². The normalized spacial score (nSPS) is 14.6. The van der Waals surface area contributed by atoms with Crippen molar-refractivity contribution in [1.29, 1.82) is 0 Å². The molecule has 120 valence electrons. The number of nitrogens with zero attached hydrogens (tertiary/aromatic N) is 2. The number of aromatic nitrogens is 1. The number of piperidine rings is 1. The average Bonchev–Trinajstić information content (AvgIpc) is 2.59. The van der Waals surface area contributed by atoms with E-state index in [-0.39, 0.29) is 5.91 Å². The van der Waals surface area contributed by atoms with Gasteiger partial charge in [-0.2, -0.15) is 0 Å². The molecule has 0 radical (unpaired) electrons. The van der Waals surface area contributed by atoms with Crippen molar-refractivity contribution < 1.29 is 4.79 Å². The van der Waals surface area contributed by atoms with Crippen LogP contribution in [0.25, 0.3) is 0 Å². The molecule has 0 saturated carbocycles. The SMILES string of the molecule is Cc1cccc(C)c1Nc1cncc(C(=O)N2CCCCC2)c1. The molecular weight excluding hydrogens is 286 g/mol. The zero-order valence-electron chi connectivity index (χ0n) is 13.8. The van der Waals surface area contributed by atoms with Gasteiger partial charge in [0, 0.05) is 25.0 Å². The van der Waals surface area contributed by atoms with Crippen molar-refractivity contribution in [3.63, 3.8) is 0 Å². The van der Waals surface area contributed by atoms with Crippen LogP contribution in [0, 0.1) is 13.8 Å². The van der Waals surface area contributed by atoms with Crippen LogP contribution in [-0.4, -0.2) is 28.9 Å². The molecule has 0 aliphatic carbocycles. The lowest BCUT2D eigenvalue weighted by Crippen LogP contribution is -2.35. The predicted octanol–water partition coefficient (Wildman–Crippen LogP) is 4.07. The van der Waals surface area contributed by atoms with Gasteiger partial charge in [-0.25, -0.2) is 0 Å². The van der Waals surface area contributed by atoms with Crippen molar-refractivity contribution in [1.82, 2.24) is 9.88 Å². The van der Waals surface area contributed by atoms with E-state index in [1.54, 1.807) is 12.4 Å². The maximum atomic E-state index is 12.6. The Morgan fingerprint density at radius 1 is 1.09 bits per heavy atom. The molecule has 2 aromatic rings. The van der Waals surface area contributed by atoms with Gasteiger partial charge in [0.25, 0.3) is 5.91 Å². The highest BCUT2D eigenvalue weighted by Crippen LogP contribution is 2.24. The minimum Gasteiger partial charge on any atom is -0.354 e. The molecule has 0 spiro atoms. The lowest BCUT2D eigenvalue weighted by molar-refractivity contribution is 0.0724. The number of rotatable bonds is 3. The molecule has 23 heavy (non-hydrogen) atoms. The monoisotopic (exact) mass is 309 g/mol. The first-order valence-corrected chi connectivity index (χ1v) is 8.23. The zero-order valence-corrected chi connectivity index (χ0v) is 13.8. The van der Waals surface area contributed by atoms with Crippen LogP contribution in [0.5, 0.6) is 0 Å². The third-order valence-corrected chi connectivity index (χ3v) is 4.38. The summed E-state index contributed by atoms with van der Waals surface area (Å²) in [5.74, 6) is 0.0855. The van der Waals surface area contributed by atoms with Crippen LogP contribution in [0.1, 0.15) is 40.7 Å². The summed E-state index contributed by atoms with van der Waals surface area (Å²) in [5, 5.41) is 3.41. The number of nitrogens with one attached hydrogen (secondary N) is 1. The maximum absolute atomic E-state index is 12.6. The number of benzene rings is 1. The zero-order chi connectivity index (χ0) is 16.2. The van der Waals surface area contributed by atoms with Gasteiger partial charge >= 0.3 is 0 Å². The number of anilines is 2. The summed E-state index contributed by atoms with van der Waals surface area (Å²) in [5.41, 5.74) is 4.95. The number of hydrogen-bond acceptors (Lipinski definition) is 3. The quantitative estimate of drug-likeness (QED) is 0.929. The Kier molecular flexibility index (Phi) is 4.60. The minimum absolute atomic E-state index is 0.0855. The Morgan fingerprint density at radius 3 is 2.48 bits per heavy atom. The summed E-state index contributed by atoms with van der Waals surface area (Å²) in [6.07, 6.45) is 6.83. The first kappa shape index (κ1) is 15.5. The second kappa shape index (κ2) is 6.82. The largest absolute Gasteiger partial charge is 0.354 e. The number of hydrogen-bond donors (Lipinski definition) is 1. The summed E-state index contributed by atoms with van der Waals surface area (Å²) >= 11 is 0. The number of para-hydroxylation sites is 1. The molecule has 2 heterocycles. The van der Waals surface area contributed by atoms with E-state index in [9.17, 15) is 4.79 Å². The fraction of sp³-hybridized carbons (Fsp3) is 0.368. The van der Waals surface area contributed by atoms with E-state index in [1.807, 2.05) is 17.0 Å². The molecule has 0 unspecified atom stereocenters. The van der Waals surface area contributed by atoms with Crippen LogP contribution in [0.2, 0.25) is 0 Å². The van der Waals surface area contributed by atoms with Crippen molar-refractivity contribution in [3.05, 3.63) is 53.3 Å². The fourth-order valence-electron chi connectivity index (χ4n) is 3.06. The Bertz CT molecular complexity index is 685. The lowest BCUT2D eigenvalue weighted by atomic mass is 10.1. The lowest BCUT2D eigenvalue weighted by Gasteiger charge is -2.26. The van der Waals surface area contributed by atoms with Gasteiger partial charge in [-0.1, -0.05) is 18.2 Å². The first-order valence-electron chi connectivity index (χ1n) is 8.23. The van der Waals surface area contributed by atoms with Crippen molar-refractivity contribution in [2.24, 2.45) is 0 Å². The highest BCUT2D eigenvalue weighted by Gasteiger charge is 2.18. The van der Waals surface area contributed by atoms with Crippen molar-refractivity contribution in [3.8, 4) is 0 Å². The van der Waals surface area contributed by atoms with Crippen LogP contribution in [0.15, 0.2) is 36.7 Å². The smallest absolute Gasteiger partial charge is 0.255 e. The van der Waals surface area contributed by atoms with E-state index in [0.717, 1.165) is 37.3 Å². The molecule has 4 nitrogen and oxygen atoms in total. The Morgan fingerprint density at radius 2 is 1.78 bits per heavy atom. The number of pyridine rings is 1. The molecule has 0 bridgehead atoms. The van der Waals surface area contributed by atoms with Crippen molar-refractivity contribution >= 4 is 17.3 Å². The van der Waals surface area contributed by atoms with Gasteiger partial charge < -0.3 is 10.2 Å². The highest BCUT2D eigenvalue weighted by atomic mass is 16.2. The number of carbonyl (C=O) groups excluding carboxylic acids is 1. The second-order valence-electron chi connectivity index (χ2n) is 6.21. The molecular formula is C19H23N3O. The Hall–Kier alpha value is -2.36.